The van der Waals surface area contributed by atoms with Crippen LogP contribution in [0.4, 0.5) is 5.69 Å². The number of aryl methyl sites for hydroxylation is 1. The number of hydrogen-bond donors (Lipinski definition) is 2. The van der Waals surface area contributed by atoms with Crippen molar-refractivity contribution in [2.45, 2.75) is 39.8 Å². The van der Waals surface area contributed by atoms with Crippen molar-refractivity contribution in [1.29, 1.82) is 0 Å². The predicted molar refractivity (Wildman–Crippen MR) is 87.4 cm³/mol. The summed E-state index contributed by atoms with van der Waals surface area (Å²) in [5, 5.41) is 14.7. The Kier molecular flexibility index (Phi) is 7.14. The zero-order valence-electron chi connectivity index (χ0n) is 14.1. The smallest absolute Gasteiger partial charge is 0.0862 e. The second-order valence-corrected chi connectivity index (χ2v) is 5.97. The number of likely N-dealkylation sites (N-methyl/N-ethyl adjacent to an activating group) is 1. The molecule has 0 amide bonds. The minimum Gasteiger partial charge on any atom is -0.396 e. The second kappa shape index (κ2) is 8.36. The van der Waals surface area contributed by atoms with E-state index in [9.17, 15) is 5.11 Å². The molecule has 0 aliphatic carbocycles. The fourth-order valence-electron chi connectivity index (χ4n) is 2.43. The van der Waals surface area contributed by atoms with Crippen LogP contribution in [0.1, 0.15) is 24.7 Å². The van der Waals surface area contributed by atoms with E-state index >= 15 is 0 Å². The van der Waals surface area contributed by atoms with Crippen LogP contribution < -0.4 is 5.73 Å². The summed E-state index contributed by atoms with van der Waals surface area (Å²) in [4.78, 5) is 4.46. The molecule has 0 radical (unpaired) electrons. The van der Waals surface area contributed by atoms with Crippen LogP contribution in [0.2, 0.25) is 0 Å². The molecule has 0 spiro atoms. The highest BCUT2D eigenvalue weighted by Crippen LogP contribution is 2.15. The molecule has 0 aromatic carbocycles. The van der Waals surface area contributed by atoms with Crippen LogP contribution in [0.3, 0.4) is 0 Å². The molecule has 0 bridgehead atoms. The van der Waals surface area contributed by atoms with Crippen molar-refractivity contribution in [2.24, 2.45) is 0 Å². The zero-order valence-corrected chi connectivity index (χ0v) is 14.1. The second-order valence-electron chi connectivity index (χ2n) is 5.97. The lowest BCUT2D eigenvalue weighted by Gasteiger charge is -2.24. The maximum absolute atomic E-state index is 10.3. The first-order valence-corrected chi connectivity index (χ1v) is 7.69. The fourth-order valence-corrected chi connectivity index (χ4v) is 2.43. The van der Waals surface area contributed by atoms with Gasteiger partial charge < -0.3 is 20.6 Å². The van der Waals surface area contributed by atoms with Crippen LogP contribution in [0.15, 0.2) is 0 Å². The van der Waals surface area contributed by atoms with Gasteiger partial charge in [0.15, 0.2) is 0 Å². The maximum Gasteiger partial charge on any atom is 0.0862 e. The normalized spacial score (nSPS) is 13.3. The van der Waals surface area contributed by atoms with Gasteiger partial charge in [-0.05, 0) is 54.0 Å². The Morgan fingerprint density at radius 1 is 1.29 bits per heavy atom. The molecule has 1 unspecified atom stereocenters. The minimum absolute atomic E-state index is 0.429. The van der Waals surface area contributed by atoms with Crippen LogP contribution in [0, 0.1) is 13.8 Å². The van der Waals surface area contributed by atoms with Crippen LogP contribution >= 0.6 is 0 Å². The van der Waals surface area contributed by atoms with Gasteiger partial charge in [0.1, 0.15) is 0 Å². The van der Waals surface area contributed by atoms with E-state index in [1.807, 2.05) is 18.5 Å². The van der Waals surface area contributed by atoms with Gasteiger partial charge in [-0.3, -0.25) is 4.68 Å². The number of aromatic nitrogens is 2. The van der Waals surface area contributed by atoms with E-state index < -0.39 is 6.10 Å². The average molecular weight is 297 g/mol. The molecular formula is C15H31N5O. The van der Waals surface area contributed by atoms with Crippen molar-refractivity contribution in [3.05, 3.63) is 11.4 Å². The summed E-state index contributed by atoms with van der Waals surface area (Å²) in [6, 6.07) is 0. The first-order chi connectivity index (χ1) is 9.85. The van der Waals surface area contributed by atoms with Crippen molar-refractivity contribution in [3.63, 3.8) is 0 Å². The highest BCUT2D eigenvalue weighted by Gasteiger charge is 2.14. The molecule has 122 valence electrons. The molecule has 6 nitrogen and oxygen atoms in total. The topological polar surface area (TPSA) is 70.5 Å². The Labute approximate surface area is 128 Å². The molecule has 1 atom stereocenters. The van der Waals surface area contributed by atoms with Crippen molar-refractivity contribution in [2.75, 3.05) is 46.0 Å². The first-order valence-electron chi connectivity index (χ1n) is 7.69. The van der Waals surface area contributed by atoms with Gasteiger partial charge in [0, 0.05) is 6.54 Å². The first kappa shape index (κ1) is 17.9. The third-order valence-electron chi connectivity index (χ3n) is 3.82. The number of nitrogen functional groups attached to an aromatic ring is 1. The summed E-state index contributed by atoms with van der Waals surface area (Å²) in [7, 11) is 4.16. The average Bonchev–Trinajstić information content (AvgIpc) is 2.64. The van der Waals surface area contributed by atoms with Gasteiger partial charge in [-0.15, -0.1) is 0 Å². The largest absolute Gasteiger partial charge is 0.396 e. The quantitative estimate of drug-likeness (QED) is 0.703. The third kappa shape index (κ3) is 5.65. The predicted octanol–water partition coefficient (Wildman–Crippen LogP) is 0.717. The Morgan fingerprint density at radius 2 is 1.95 bits per heavy atom. The summed E-state index contributed by atoms with van der Waals surface area (Å²) in [6.07, 6.45) is 0.683. The van der Waals surface area contributed by atoms with Crippen molar-refractivity contribution in [1.82, 2.24) is 19.6 Å². The van der Waals surface area contributed by atoms with E-state index in [0.717, 1.165) is 43.1 Å². The van der Waals surface area contributed by atoms with Crippen molar-refractivity contribution in [3.8, 4) is 0 Å². The van der Waals surface area contributed by atoms with Gasteiger partial charge in [0.05, 0.1) is 29.7 Å². The summed E-state index contributed by atoms with van der Waals surface area (Å²) < 4.78 is 1.81. The van der Waals surface area contributed by atoms with Gasteiger partial charge in [0.2, 0.25) is 0 Å². The van der Waals surface area contributed by atoms with E-state index in [0.29, 0.717) is 13.1 Å². The molecule has 1 rings (SSSR count). The highest BCUT2D eigenvalue weighted by molar-refractivity contribution is 5.46. The van der Waals surface area contributed by atoms with Gasteiger partial charge in [-0.25, -0.2) is 0 Å². The molecule has 0 saturated carbocycles. The number of anilines is 1. The standard InChI is InChI=1S/C15H31N5O/c1-6-19(9-7-8-18(4)5)10-14(21)11-20-13(3)15(16)12(2)17-20/h14,21H,6-11,16H2,1-5H3. The van der Waals surface area contributed by atoms with Crippen LogP contribution in [-0.2, 0) is 6.54 Å². The lowest BCUT2D eigenvalue weighted by atomic mass is 10.2. The highest BCUT2D eigenvalue weighted by atomic mass is 16.3. The minimum atomic E-state index is -0.429. The summed E-state index contributed by atoms with van der Waals surface area (Å²) in [5.74, 6) is 0. The number of aliphatic hydroxyl groups is 1. The van der Waals surface area contributed by atoms with Crippen molar-refractivity contribution < 1.29 is 5.11 Å². The SMILES string of the molecule is CCN(CCCN(C)C)CC(O)Cn1nc(C)c(N)c1C. The lowest BCUT2D eigenvalue weighted by Crippen LogP contribution is -2.36. The molecule has 21 heavy (non-hydrogen) atoms. The number of rotatable bonds is 9. The van der Waals surface area contributed by atoms with Gasteiger partial charge in [0.25, 0.3) is 0 Å². The Hall–Kier alpha value is -1.11. The molecule has 6 heteroatoms. The molecular weight excluding hydrogens is 266 g/mol. The van der Waals surface area contributed by atoms with E-state index in [-0.39, 0.29) is 0 Å². The molecule has 0 aliphatic heterocycles. The molecule has 0 aliphatic rings. The fraction of sp³-hybridized carbons (Fsp3) is 0.800. The molecule has 1 aromatic heterocycles. The zero-order chi connectivity index (χ0) is 16.0. The van der Waals surface area contributed by atoms with E-state index in [2.05, 4.69) is 35.9 Å². The lowest BCUT2D eigenvalue weighted by molar-refractivity contribution is 0.0950. The molecule has 0 fully saturated rings. The monoisotopic (exact) mass is 297 g/mol. The summed E-state index contributed by atoms with van der Waals surface area (Å²) in [5.41, 5.74) is 8.41. The molecule has 1 heterocycles. The maximum atomic E-state index is 10.3. The Balaban J connectivity index is 2.46. The molecule has 1 aromatic rings. The van der Waals surface area contributed by atoms with E-state index in [4.69, 9.17) is 5.73 Å². The van der Waals surface area contributed by atoms with Crippen LogP contribution in [0.5, 0.6) is 0 Å². The number of nitrogens with zero attached hydrogens (tertiary/aromatic N) is 4. The van der Waals surface area contributed by atoms with E-state index in [1.54, 1.807) is 0 Å². The molecule has 3 N–H and O–H groups in total. The van der Waals surface area contributed by atoms with Gasteiger partial charge in [-0.2, -0.15) is 5.10 Å². The van der Waals surface area contributed by atoms with Gasteiger partial charge in [-0.1, -0.05) is 6.92 Å². The van der Waals surface area contributed by atoms with Crippen LogP contribution in [0.25, 0.3) is 0 Å². The summed E-state index contributed by atoms with van der Waals surface area (Å²) in [6.45, 7) is 10.1. The number of nitrogens with two attached hydrogens (primary N) is 1. The third-order valence-corrected chi connectivity index (χ3v) is 3.82. The molecule has 0 saturated heterocycles. The van der Waals surface area contributed by atoms with Crippen molar-refractivity contribution >= 4 is 5.69 Å². The van der Waals surface area contributed by atoms with E-state index in [1.165, 1.54) is 0 Å². The summed E-state index contributed by atoms with van der Waals surface area (Å²) >= 11 is 0. The number of aliphatic hydroxyl groups excluding tert-OH is 1. The van der Waals surface area contributed by atoms with Gasteiger partial charge >= 0.3 is 0 Å². The Morgan fingerprint density at radius 3 is 2.43 bits per heavy atom. The number of hydrogen-bond acceptors (Lipinski definition) is 5. The van der Waals surface area contributed by atoms with Crippen LogP contribution in [-0.4, -0.2) is 71.1 Å². The Bertz CT molecular complexity index is 430.